The fraction of sp³-hybridized carbons (Fsp3) is 0.417. The van der Waals surface area contributed by atoms with Gasteiger partial charge in [-0.1, -0.05) is 50.8 Å². The Balaban J connectivity index is 1.89. The fourth-order valence-corrected chi connectivity index (χ4v) is 2.88. The van der Waals surface area contributed by atoms with Crippen molar-refractivity contribution in [1.29, 1.82) is 0 Å². The maximum absolute atomic E-state index is 12.4. The first kappa shape index (κ1) is 21.7. The van der Waals surface area contributed by atoms with Crippen molar-refractivity contribution in [2.75, 3.05) is 0 Å². The van der Waals surface area contributed by atoms with Crippen LogP contribution in [0, 0.1) is 6.92 Å². The average molecular weight is 383 g/mol. The number of rotatable bonds is 10. The Morgan fingerprint density at radius 2 is 1.43 bits per heavy atom. The predicted molar refractivity (Wildman–Crippen MR) is 111 cm³/mol. The second kappa shape index (κ2) is 11.3. The number of hydrogen-bond donors (Lipinski definition) is 0. The quantitative estimate of drug-likeness (QED) is 0.282. The minimum Gasteiger partial charge on any atom is -0.459 e. The lowest BCUT2D eigenvalue weighted by Gasteiger charge is -2.16. The van der Waals surface area contributed by atoms with Crippen molar-refractivity contribution in [3.05, 3.63) is 65.2 Å². The lowest BCUT2D eigenvalue weighted by Crippen LogP contribution is -2.17. The topological polar surface area (TPSA) is 52.6 Å². The Hall–Kier alpha value is -2.62. The number of aryl methyl sites for hydroxylation is 1. The molecule has 150 valence electrons. The van der Waals surface area contributed by atoms with Crippen molar-refractivity contribution >= 4 is 11.9 Å². The fourth-order valence-electron chi connectivity index (χ4n) is 2.88. The van der Waals surface area contributed by atoms with Crippen LogP contribution in [0.5, 0.6) is 5.75 Å². The van der Waals surface area contributed by atoms with Gasteiger partial charge in [0.1, 0.15) is 11.9 Å². The summed E-state index contributed by atoms with van der Waals surface area (Å²) in [6.07, 6.45) is 6.31. The highest BCUT2D eigenvalue weighted by Crippen LogP contribution is 2.18. The highest BCUT2D eigenvalue weighted by molar-refractivity contribution is 5.92. The van der Waals surface area contributed by atoms with E-state index in [9.17, 15) is 9.59 Å². The molecule has 0 aliphatic rings. The standard InChI is InChI=1S/C24H30O4/c1-4-6-7-8-9-21(5-2)27-23(25)20-14-16-22(17-15-20)28-24(26)19-12-10-18(3)11-13-19/h10-17,21H,4-9H2,1-3H3. The molecule has 0 saturated heterocycles. The second-order valence-electron chi connectivity index (χ2n) is 7.06. The molecule has 2 aromatic carbocycles. The van der Waals surface area contributed by atoms with Gasteiger partial charge in [0.2, 0.25) is 0 Å². The molecule has 0 spiro atoms. The van der Waals surface area contributed by atoms with Crippen LogP contribution in [-0.4, -0.2) is 18.0 Å². The molecule has 0 amide bonds. The van der Waals surface area contributed by atoms with E-state index >= 15 is 0 Å². The first-order valence-electron chi connectivity index (χ1n) is 10.1. The summed E-state index contributed by atoms with van der Waals surface area (Å²) in [5.74, 6) is -0.360. The van der Waals surface area contributed by atoms with Gasteiger partial charge in [0.25, 0.3) is 0 Å². The summed E-state index contributed by atoms with van der Waals surface area (Å²) in [5, 5.41) is 0. The smallest absolute Gasteiger partial charge is 0.343 e. The van der Waals surface area contributed by atoms with Gasteiger partial charge in [-0.3, -0.25) is 0 Å². The molecule has 2 rings (SSSR count). The van der Waals surface area contributed by atoms with E-state index in [0.717, 1.165) is 24.8 Å². The van der Waals surface area contributed by atoms with Gasteiger partial charge in [-0.25, -0.2) is 9.59 Å². The molecule has 0 aromatic heterocycles. The summed E-state index contributed by atoms with van der Waals surface area (Å²) in [4.78, 5) is 24.5. The molecular weight excluding hydrogens is 352 g/mol. The highest BCUT2D eigenvalue weighted by atomic mass is 16.5. The van der Waals surface area contributed by atoms with Crippen LogP contribution in [0.15, 0.2) is 48.5 Å². The van der Waals surface area contributed by atoms with Gasteiger partial charge in [-0.15, -0.1) is 0 Å². The van der Waals surface area contributed by atoms with Crippen LogP contribution in [0.2, 0.25) is 0 Å². The van der Waals surface area contributed by atoms with Crippen LogP contribution >= 0.6 is 0 Å². The Labute approximate surface area is 167 Å². The number of carbonyl (C=O) groups is 2. The maximum atomic E-state index is 12.4. The summed E-state index contributed by atoms with van der Waals surface area (Å²) in [6, 6.07) is 13.7. The van der Waals surface area contributed by atoms with E-state index in [0.29, 0.717) is 16.9 Å². The molecule has 0 aliphatic carbocycles. The molecule has 1 unspecified atom stereocenters. The average Bonchev–Trinajstić information content (AvgIpc) is 2.71. The summed E-state index contributed by atoms with van der Waals surface area (Å²) >= 11 is 0. The van der Waals surface area contributed by atoms with Crippen LogP contribution in [-0.2, 0) is 4.74 Å². The summed E-state index contributed by atoms with van der Waals surface area (Å²) in [7, 11) is 0. The van der Waals surface area contributed by atoms with Gasteiger partial charge < -0.3 is 9.47 Å². The third-order valence-corrected chi connectivity index (χ3v) is 4.70. The Morgan fingerprint density at radius 3 is 2.04 bits per heavy atom. The summed E-state index contributed by atoms with van der Waals surface area (Å²) < 4.78 is 11.0. The number of benzene rings is 2. The molecular formula is C24H30O4. The first-order chi connectivity index (χ1) is 13.5. The molecule has 0 aliphatic heterocycles. The lowest BCUT2D eigenvalue weighted by molar-refractivity contribution is 0.0267. The van der Waals surface area contributed by atoms with Crippen molar-refractivity contribution in [2.24, 2.45) is 0 Å². The van der Waals surface area contributed by atoms with Crippen molar-refractivity contribution in [1.82, 2.24) is 0 Å². The van der Waals surface area contributed by atoms with Crippen molar-refractivity contribution in [2.45, 2.75) is 65.4 Å². The number of unbranched alkanes of at least 4 members (excludes halogenated alkanes) is 3. The van der Waals surface area contributed by atoms with E-state index in [1.165, 1.54) is 19.3 Å². The van der Waals surface area contributed by atoms with Crippen LogP contribution < -0.4 is 4.74 Å². The molecule has 28 heavy (non-hydrogen) atoms. The van der Waals surface area contributed by atoms with Crippen LogP contribution in [0.4, 0.5) is 0 Å². The lowest BCUT2D eigenvalue weighted by atomic mass is 10.1. The van der Waals surface area contributed by atoms with E-state index < -0.39 is 5.97 Å². The van der Waals surface area contributed by atoms with Crippen LogP contribution in [0.25, 0.3) is 0 Å². The SMILES string of the molecule is CCCCCCC(CC)OC(=O)c1ccc(OC(=O)c2ccc(C)cc2)cc1. The molecule has 2 aromatic rings. The number of ether oxygens (including phenoxy) is 2. The molecule has 4 heteroatoms. The van der Waals surface area contributed by atoms with Gasteiger partial charge >= 0.3 is 11.9 Å². The molecule has 0 fully saturated rings. The Morgan fingerprint density at radius 1 is 0.821 bits per heavy atom. The van der Waals surface area contributed by atoms with Gasteiger partial charge in [0.15, 0.2) is 0 Å². The first-order valence-corrected chi connectivity index (χ1v) is 10.1. The largest absolute Gasteiger partial charge is 0.459 e. The number of hydrogen-bond acceptors (Lipinski definition) is 4. The highest BCUT2D eigenvalue weighted by Gasteiger charge is 2.15. The van der Waals surface area contributed by atoms with Crippen molar-refractivity contribution in [3.8, 4) is 5.75 Å². The van der Waals surface area contributed by atoms with E-state index in [1.807, 2.05) is 26.0 Å². The number of esters is 2. The zero-order chi connectivity index (χ0) is 20.4. The maximum Gasteiger partial charge on any atom is 0.343 e. The van der Waals surface area contributed by atoms with Gasteiger partial charge in [-0.2, -0.15) is 0 Å². The van der Waals surface area contributed by atoms with E-state index in [2.05, 4.69) is 6.92 Å². The molecule has 0 bridgehead atoms. The van der Waals surface area contributed by atoms with E-state index in [4.69, 9.17) is 9.47 Å². The molecule has 0 N–H and O–H groups in total. The molecule has 0 radical (unpaired) electrons. The summed E-state index contributed by atoms with van der Waals surface area (Å²) in [5.41, 5.74) is 2.03. The molecule has 4 nitrogen and oxygen atoms in total. The zero-order valence-corrected chi connectivity index (χ0v) is 17.1. The zero-order valence-electron chi connectivity index (χ0n) is 17.1. The minimum absolute atomic E-state index is 0.0524. The van der Waals surface area contributed by atoms with E-state index in [1.54, 1.807) is 36.4 Å². The van der Waals surface area contributed by atoms with Crippen molar-refractivity contribution in [3.63, 3.8) is 0 Å². The molecule has 1 atom stereocenters. The van der Waals surface area contributed by atoms with Gasteiger partial charge in [0.05, 0.1) is 11.1 Å². The minimum atomic E-state index is -0.423. The Bertz CT molecular complexity index is 747. The van der Waals surface area contributed by atoms with Gasteiger partial charge in [-0.05, 0) is 62.6 Å². The third kappa shape index (κ3) is 6.84. The monoisotopic (exact) mass is 382 g/mol. The normalized spacial score (nSPS) is 11.7. The Kier molecular flexibility index (Phi) is 8.73. The second-order valence-corrected chi connectivity index (χ2v) is 7.06. The number of carbonyl (C=O) groups excluding carboxylic acids is 2. The van der Waals surface area contributed by atoms with Crippen LogP contribution in [0.1, 0.15) is 78.7 Å². The predicted octanol–water partition coefficient (Wildman–Crippen LogP) is 6.12. The summed E-state index contributed by atoms with van der Waals surface area (Å²) in [6.45, 7) is 6.17. The molecule has 0 heterocycles. The third-order valence-electron chi connectivity index (χ3n) is 4.70. The van der Waals surface area contributed by atoms with Gasteiger partial charge in [0, 0.05) is 0 Å². The van der Waals surface area contributed by atoms with Crippen molar-refractivity contribution < 1.29 is 19.1 Å². The van der Waals surface area contributed by atoms with Crippen LogP contribution in [0.3, 0.4) is 0 Å². The van der Waals surface area contributed by atoms with E-state index in [-0.39, 0.29) is 12.1 Å². The molecule has 0 saturated carbocycles.